The van der Waals surface area contributed by atoms with Crippen LogP contribution in [0.15, 0.2) is 48.2 Å². The van der Waals surface area contributed by atoms with Gasteiger partial charge in [0.2, 0.25) is 12.6 Å². The quantitative estimate of drug-likeness (QED) is 0.415. The highest BCUT2D eigenvalue weighted by atomic mass is 35.5. The van der Waals surface area contributed by atoms with Crippen LogP contribution in [0, 0.1) is 6.92 Å². The van der Waals surface area contributed by atoms with Crippen LogP contribution >= 0.6 is 23.2 Å². The Labute approximate surface area is 206 Å². The zero-order chi connectivity index (χ0) is 23.4. The van der Waals surface area contributed by atoms with Crippen molar-refractivity contribution in [3.05, 3.63) is 86.1 Å². The first kappa shape index (κ1) is 21.4. The summed E-state index contributed by atoms with van der Waals surface area (Å²) in [6, 6.07) is 12.9. The Kier molecular flexibility index (Phi) is 5.17. The lowest BCUT2D eigenvalue weighted by Crippen LogP contribution is -2.32. The smallest absolute Gasteiger partial charge is 0.232 e. The van der Waals surface area contributed by atoms with Crippen molar-refractivity contribution in [1.82, 2.24) is 4.90 Å². The lowest BCUT2D eigenvalue weighted by molar-refractivity contribution is 0.0872. The van der Waals surface area contributed by atoms with E-state index in [2.05, 4.69) is 4.90 Å². The van der Waals surface area contributed by atoms with E-state index in [4.69, 9.17) is 42.1 Å². The summed E-state index contributed by atoms with van der Waals surface area (Å²) >= 11 is 12.4. The van der Waals surface area contributed by atoms with Crippen LogP contribution in [-0.2, 0) is 13.1 Å². The van der Waals surface area contributed by atoms with Crippen LogP contribution in [-0.4, -0.2) is 24.2 Å². The van der Waals surface area contributed by atoms with Gasteiger partial charge in [-0.3, -0.25) is 9.69 Å². The van der Waals surface area contributed by atoms with Gasteiger partial charge >= 0.3 is 0 Å². The molecule has 6 rings (SSSR count). The standard InChI is InChI=1S/C26H19Cl2NO5/c1-14-6-21-18(11-29(12-31-21)10-16-3-4-17(27)9-19(16)28)26-24(14)25(30)23(34-26)8-15-2-5-20-22(7-15)33-13-32-20/h2-9H,10-13H2,1H3/b23-8-. The number of hydrogen-bond donors (Lipinski definition) is 0. The number of nitrogens with zero attached hydrogens (tertiary/aromatic N) is 1. The second kappa shape index (κ2) is 8.24. The number of Topliss-reactive ketones (excluding diaryl/α,β-unsaturated/α-hetero) is 1. The number of allylic oxidation sites excluding steroid dienone is 1. The van der Waals surface area contributed by atoms with Crippen molar-refractivity contribution in [2.75, 3.05) is 13.5 Å². The number of aryl methyl sites for hydroxylation is 1. The Morgan fingerprint density at radius 3 is 2.71 bits per heavy atom. The molecule has 3 heterocycles. The summed E-state index contributed by atoms with van der Waals surface area (Å²) in [5.74, 6) is 2.74. The van der Waals surface area contributed by atoms with Gasteiger partial charge in [0, 0.05) is 23.1 Å². The molecule has 6 nitrogen and oxygen atoms in total. The lowest BCUT2D eigenvalue weighted by Gasteiger charge is -2.30. The minimum absolute atomic E-state index is 0.147. The van der Waals surface area contributed by atoms with Gasteiger partial charge in [-0.2, -0.15) is 0 Å². The third-order valence-electron chi connectivity index (χ3n) is 6.09. The molecule has 3 aliphatic rings. The lowest BCUT2D eigenvalue weighted by atomic mass is 9.98. The Morgan fingerprint density at radius 2 is 1.85 bits per heavy atom. The molecule has 0 aromatic heterocycles. The molecule has 0 unspecified atom stereocenters. The zero-order valence-electron chi connectivity index (χ0n) is 18.2. The monoisotopic (exact) mass is 495 g/mol. The van der Waals surface area contributed by atoms with Gasteiger partial charge in [0.1, 0.15) is 18.2 Å². The number of fused-ring (bicyclic) bond motifs is 4. The average Bonchev–Trinajstić information content (AvgIpc) is 3.41. The fourth-order valence-corrected chi connectivity index (χ4v) is 4.89. The van der Waals surface area contributed by atoms with Gasteiger partial charge in [0.25, 0.3) is 0 Å². The maximum absolute atomic E-state index is 13.3. The molecule has 0 atom stereocenters. The molecule has 0 spiro atoms. The number of halogens is 2. The van der Waals surface area contributed by atoms with Crippen molar-refractivity contribution in [3.8, 4) is 23.0 Å². The van der Waals surface area contributed by atoms with E-state index in [1.807, 2.05) is 43.3 Å². The van der Waals surface area contributed by atoms with Gasteiger partial charge in [-0.05, 0) is 60.0 Å². The molecule has 0 bridgehead atoms. The zero-order valence-corrected chi connectivity index (χ0v) is 19.7. The summed E-state index contributed by atoms with van der Waals surface area (Å²) < 4.78 is 23.0. The van der Waals surface area contributed by atoms with Crippen LogP contribution in [0.2, 0.25) is 10.0 Å². The molecule has 3 aliphatic heterocycles. The highest BCUT2D eigenvalue weighted by Gasteiger charge is 2.35. The van der Waals surface area contributed by atoms with E-state index >= 15 is 0 Å². The molecule has 8 heteroatoms. The Hall–Kier alpha value is -3.19. The van der Waals surface area contributed by atoms with Gasteiger partial charge in [0.15, 0.2) is 17.3 Å². The molecule has 0 radical (unpaired) electrons. The molecule has 3 aromatic carbocycles. The van der Waals surface area contributed by atoms with Crippen LogP contribution in [0.5, 0.6) is 23.0 Å². The van der Waals surface area contributed by atoms with Crippen molar-refractivity contribution in [2.24, 2.45) is 0 Å². The van der Waals surface area contributed by atoms with Gasteiger partial charge < -0.3 is 18.9 Å². The second-order valence-corrected chi connectivity index (χ2v) is 9.27. The van der Waals surface area contributed by atoms with E-state index in [1.54, 1.807) is 12.1 Å². The number of benzene rings is 3. The molecule has 0 amide bonds. The normalized spacial score (nSPS) is 17.4. The van der Waals surface area contributed by atoms with E-state index in [9.17, 15) is 4.79 Å². The fraction of sp³-hybridized carbons (Fsp3) is 0.192. The minimum atomic E-state index is -0.147. The van der Waals surface area contributed by atoms with Crippen LogP contribution in [0.3, 0.4) is 0 Å². The van der Waals surface area contributed by atoms with Crippen LogP contribution in [0.4, 0.5) is 0 Å². The number of hydrogen-bond acceptors (Lipinski definition) is 6. The maximum Gasteiger partial charge on any atom is 0.232 e. The first-order valence-electron chi connectivity index (χ1n) is 10.8. The molecule has 0 N–H and O–H groups in total. The van der Waals surface area contributed by atoms with Crippen LogP contribution in [0.25, 0.3) is 6.08 Å². The Morgan fingerprint density at radius 1 is 1.00 bits per heavy atom. The number of rotatable bonds is 3. The van der Waals surface area contributed by atoms with E-state index in [-0.39, 0.29) is 18.3 Å². The third kappa shape index (κ3) is 3.68. The van der Waals surface area contributed by atoms with Gasteiger partial charge in [0.05, 0.1) is 11.1 Å². The van der Waals surface area contributed by atoms with Crippen molar-refractivity contribution in [3.63, 3.8) is 0 Å². The van der Waals surface area contributed by atoms with E-state index in [0.29, 0.717) is 52.7 Å². The predicted molar refractivity (Wildman–Crippen MR) is 128 cm³/mol. The molecule has 0 aliphatic carbocycles. The summed E-state index contributed by atoms with van der Waals surface area (Å²) in [7, 11) is 0. The van der Waals surface area contributed by atoms with Gasteiger partial charge in [-0.25, -0.2) is 0 Å². The highest BCUT2D eigenvalue weighted by molar-refractivity contribution is 6.35. The van der Waals surface area contributed by atoms with Crippen molar-refractivity contribution in [2.45, 2.75) is 20.0 Å². The summed E-state index contributed by atoms with van der Waals surface area (Å²) in [6.45, 7) is 3.62. The van der Waals surface area contributed by atoms with Crippen LogP contribution < -0.4 is 18.9 Å². The van der Waals surface area contributed by atoms with Crippen LogP contribution in [0.1, 0.15) is 32.6 Å². The van der Waals surface area contributed by atoms with E-state index in [0.717, 1.165) is 28.0 Å². The molecule has 34 heavy (non-hydrogen) atoms. The topological polar surface area (TPSA) is 57.2 Å². The molecule has 172 valence electrons. The molecular formula is C26H19Cl2NO5. The number of carbonyl (C=O) groups is 1. The van der Waals surface area contributed by atoms with Gasteiger partial charge in [-0.15, -0.1) is 0 Å². The third-order valence-corrected chi connectivity index (χ3v) is 6.68. The fourth-order valence-electron chi connectivity index (χ4n) is 4.42. The second-order valence-electron chi connectivity index (χ2n) is 8.42. The van der Waals surface area contributed by atoms with Crippen molar-refractivity contribution >= 4 is 35.1 Å². The molecule has 0 saturated heterocycles. The van der Waals surface area contributed by atoms with E-state index < -0.39 is 0 Å². The first-order valence-corrected chi connectivity index (χ1v) is 11.5. The Balaban J connectivity index is 1.30. The molecule has 0 saturated carbocycles. The summed E-state index contributed by atoms with van der Waals surface area (Å²) in [4.78, 5) is 15.4. The Bertz CT molecular complexity index is 1380. The number of carbonyl (C=O) groups excluding carboxylic acids is 1. The molecule has 0 fully saturated rings. The molecular weight excluding hydrogens is 477 g/mol. The minimum Gasteiger partial charge on any atom is -0.478 e. The van der Waals surface area contributed by atoms with Crippen molar-refractivity contribution in [1.29, 1.82) is 0 Å². The SMILES string of the molecule is Cc1cc2c(c3c1C(=O)/C(=C/c1ccc4c(c1)OCO4)O3)CN(Cc1ccc(Cl)cc1Cl)CO2. The summed E-state index contributed by atoms with van der Waals surface area (Å²) in [6.07, 6.45) is 1.73. The number of ether oxygens (including phenoxy) is 4. The predicted octanol–water partition coefficient (Wildman–Crippen LogP) is 6.00. The largest absolute Gasteiger partial charge is 0.478 e. The van der Waals surface area contributed by atoms with E-state index in [1.165, 1.54) is 0 Å². The summed E-state index contributed by atoms with van der Waals surface area (Å²) in [5.41, 5.74) is 3.98. The molecule has 3 aromatic rings. The average molecular weight is 496 g/mol. The van der Waals surface area contributed by atoms with Crippen molar-refractivity contribution < 1.29 is 23.7 Å². The van der Waals surface area contributed by atoms with Gasteiger partial charge in [-0.1, -0.05) is 35.3 Å². The number of ketones is 1. The first-order chi connectivity index (χ1) is 16.5. The highest BCUT2D eigenvalue weighted by Crippen LogP contribution is 2.44. The maximum atomic E-state index is 13.3. The summed E-state index contributed by atoms with van der Waals surface area (Å²) in [5, 5.41) is 1.20.